The van der Waals surface area contributed by atoms with Gasteiger partial charge in [-0.3, -0.25) is 14.4 Å². The highest BCUT2D eigenvalue weighted by molar-refractivity contribution is 6.36. The highest BCUT2D eigenvalue weighted by Gasteiger charge is 2.30. The van der Waals surface area contributed by atoms with E-state index in [2.05, 4.69) is 27.1 Å². The van der Waals surface area contributed by atoms with E-state index in [9.17, 15) is 14.4 Å². The fourth-order valence-corrected chi connectivity index (χ4v) is 6.66. The summed E-state index contributed by atoms with van der Waals surface area (Å²) < 4.78 is 6.89. The standard InChI is InChI=1S/C33H32Cl2N6O4/c1-17-24(14-19(34)15-26(17)39-31(43)23-11-12-37-41(2)33(23)44)21-5-4-6-22(30(21)35)27-13-18-7-9-25(29(18)32(40-27)45-3)36-16-20-8-10-28(42)38-20/h4-6,11-15,20,25,36H,7-10,16H2,1-3H3,(H,38,42)(H,39,43). The van der Waals surface area contributed by atoms with Gasteiger partial charge in [0.15, 0.2) is 0 Å². The number of hydrogen-bond acceptors (Lipinski definition) is 7. The predicted octanol–water partition coefficient (Wildman–Crippen LogP) is 5.24. The number of aryl methyl sites for hydroxylation is 2. The lowest BCUT2D eigenvalue weighted by Crippen LogP contribution is -2.36. The molecular formula is C33H32Cl2N6O4. The van der Waals surface area contributed by atoms with Gasteiger partial charge in [0.25, 0.3) is 11.5 Å². The molecule has 0 radical (unpaired) electrons. The van der Waals surface area contributed by atoms with Gasteiger partial charge < -0.3 is 20.7 Å². The molecule has 1 saturated heterocycles. The molecule has 0 spiro atoms. The summed E-state index contributed by atoms with van der Waals surface area (Å²) in [6.45, 7) is 2.55. The maximum atomic E-state index is 13.0. The van der Waals surface area contributed by atoms with Crippen LogP contribution in [0.25, 0.3) is 22.4 Å². The van der Waals surface area contributed by atoms with E-state index >= 15 is 0 Å². The first-order chi connectivity index (χ1) is 21.6. The number of methoxy groups -OCH3 is 1. The van der Waals surface area contributed by atoms with Crippen LogP contribution in [0.5, 0.6) is 5.88 Å². The molecule has 2 aromatic carbocycles. The zero-order valence-electron chi connectivity index (χ0n) is 25.0. The Morgan fingerprint density at radius 1 is 1.09 bits per heavy atom. The number of carbonyl (C=O) groups excluding carboxylic acids is 2. The first-order valence-electron chi connectivity index (χ1n) is 14.7. The third kappa shape index (κ3) is 6.05. The van der Waals surface area contributed by atoms with Crippen molar-refractivity contribution < 1.29 is 14.3 Å². The molecule has 4 aromatic rings. The SMILES string of the molecule is COc1nc(-c2cccc(-c3cc(Cl)cc(NC(=O)c4ccnn(C)c4=O)c3C)c2Cl)cc2c1C(NCC1CCC(=O)N1)CC2. The molecular weight excluding hydrogens is 615 g/mol. The number of halogens is 2. The number of fused-ring (bicyclic) bond motifs is 1. The zero-order chi connectivity index (χ0) is 31.8. The van der Waals surface area contributed by atoms with Gasteiger partial charge in [0.05, 0.1) is 17.8 Å². The van der Waals surface area contributed by atoms with E-state index in [1.807, 2.05) is 25.1 Å². The first-order valence-corrected chi connectivity index (χ1v) is 15.4. The molecule has 10 nitrogen and oxygen atoms in total. The Bertz CT molecular complexity index is 1890. The zero-order valence-corrected chi connectivity index (χ0v) is 26.6. The van der Waals surface area contributed by atoms with Gasteiger partial charge in [-0.2, -0.15) is 5.10 Å². The number of rotatable bonds is 8. The minimum Gasteiger partial charge on any atom is -0.481 e. The topological polar surface area (TPSA) is 127 Å². The Hall–Kier alpha value is -4.25. The van der Waals surface area contributed by atoms with Crippen LogP contribution in [0.3, 0.4) is 0 Å². The van der Waals surface area contributed by atoms with Crippen LogP contribution in [0.15, 0.2) is 53.5 Å². The number of pyridine rings is 1. The van der Waals surface area contributed by atoms with Crippen molar-refractivity contribution in [3.8, 4) is 28.3 Å². The molecule has 1 fully saturated rings. The fraction of sp³-hybridized carbons (Fsp3) is 0.303. The molecule has 0 bridgehead atoms. The Labute approximate surface area is 270 Å². The van der Waals surface area contributed by atoms with Crippen molar-refractivity contribution in [3.05, 3.63) is 91.3 Å². The summed E-state index contributed by atoms with van der Waals surface area (Å²) in [6, 6.07) is 12.8. The second-order valence-corrected chi connectivity index (χ2v) is 12.1. The number of anilines is 1. The monoisotopic (exact) mass is 646 g/mol. The van der Waals surface area contributed by atoms with Crippen molar-refractivity contribution in [2.45, 2.75) is 44.7 Å². The van der Waals surface area contributed by atoms with Crippen LogP contribution in [-0.4, -0.2) is 46.3 Å². The molecule has 1 aliphatic heterocycles. The third-order valence-corrected chi connectivity index (χ3v) is 9.11. The quantitative estimate of drug-likeness (QED) is 0.239. The number of carbonyl (C=O) groups is 2. The number of benzene rings is 2. The minimum absolute atomic E-state index is 0.0344. The highest BCUT2D eigenvalue weighted by Crippen LogP contribution is 2.43. The van der Waals surface area contributed by atoms with Crippen LogP contribution in [0.4, 0.5) is 5.69 Å². The van der Waals surface area contributed by atoms with Gasteiger partial charge in [0, 0.05) is 65.7 Å². The number of hydrogen-bond donors (Lipinski definition) is 3. The molecule has 2 aliphatic rings. The number of amides is 2. The molecule has 12 heteroatoms. The number of nitrogens with one attached hydrogen (secondary N) is 3. The van der Waals surface area contributed by atoms with Crippen LogP contribution in [-0.2, 0) is 18.3 Å². The Morgan fingerprint density at radius 2 is 1.89 bits per heavy atom. The summed E-state index contributed by atoms with van der Waals surface area (Å²) in [5, 5.41) is 14.2. The third-order valence-electron chi connectivity index (χ3n) is 8.48. The summed E-state index contributed by atoms with van der Waals surface area (Å²) in [6.07, 6.45) is 4.54. The largest absolute Gasteiger partial charge is 0.481 e. The molecule has 2 atom stereocenters. The van der Waals surface area contributed by atoms with Gasteiger partial charge in [-0.1, -0.05) is 41.4 Å². The number of nitrogens with zero attached hydrogens (tertiary/aromatic N) is 3. The van der Waals surface area contributed by atoms with Gasteiger partial charge in [0.1, 0.15) is 5.56 Å². The lowest BCUT2D eigenvalue weighted by Gasteiger charge is -2.20. The molecule has 45 heavy (non-hydrogen) atoms. The van der Waals surface area contributed by atoms with E-state index in [0.717, 1.165) is 51.8 Å². The first kappa shape index (κ1) is 30.8. The molecule has 232 valence electrons. The van der Waals surface area contributed by atoms with Crippen LogP contribution >= 0.6 is 23.2 Å². The second kappa shape index (κ2) is 12.6. The van der Waals surface area contributed by atoms with Gasteiger partial charge in [-0.15, -0.1) is 0 Å². The molecule has 2 aromatic heterocycles. The smallest absolute Gasteiger partial charge is 0.279 e. The van der Waals surface area contributed by atoms with E-state index < -0.39 is 11.5 Å². The molecule has 3 heterocycles. The second-order valence-electron chi connectivity index (χ2n) is 11.3. The average molecular weight is 648 g/mol. The van der Waals surface area contributed by atoms with Crippen molar-refractivity contribution in [2.24, 2.45) is 7.05 Å². The summed E-state index contributed by atoms with van der Waals surface area (Å²) in [5.74, 6) is 0.0765. The Morgan fingerprint density at radius 3 is 2.64 bits per heavy atom. The molecule has 0 saturated carbocycles. The lowest BCUT2D eigenvalue weighted by molar-refractivity contribution is -0.119. The van der Waals surface area contributed by atoms with E-state index in [0.29, 0.717) is 45.8 Å². The van der Waals surface area contributed by atoms with Crippen LogP contribution in [0.2, 0.25) is 10.0 Å². The highest BCUT2D eigenvalue weighted by atomic mass is 35.5. The predicted molar refractivity (Wildman–Crippen MR) is 174 cm³/mol. The van der Waals surface area contributed by atoms with Crippen molar-refractivity contribution >= 4 is 40.7 Å². The fourth-order valence-electron chi connectivity index (χ4n) is 6.11. The number of ether oxygens (including phenoxy) is 1. The van der Waals surface area contributed by atoms with Crippen molar-refractivity contribution in [1.82, 2.24) is 25.4 Å². The van der Waals surface area contributed by atoms with Crippen LogP contribution in [0, 0.1) is 6.92 Å². The van der Waals surface area contributed by atoms with E-state index in [1.54, 1.807) is 19.2 Å². The van der Waals surface area contributed by atoms with Crippen molar-refractivity contribution in [2.75, 3.05) is 19.0 Å². The van der Waals surface area contributed by atoms with Crippen molar-refractivity contribution in [1.29, 1.82) is 0 Å². The molecule has 3 N–H and O–H groups in total. The summed E-state index contributed by atoms with van der Waals surface area (Å²) in [5.41, 5.74) is 5.66. The van der Waals surface area contributed by atoms with E-state index in [1.165, 1.54) is 19.3 Å². The Kier molecular flexibility index (Phi) is 8.63. The van der Waals surface area contributed by atoms with Crippen LogP contribution < -0.4 is 26.2 Å². The average Bonchev–Trinajstić information content (AvgIpc) is 3.64. The minimum atomic E-state index is -0.565. The maximum absolute atomic E-state index is 13.0. The van der Waals surface area contributed by atoms with Crippen molar-refractivity contribution in [3.63, 3.8) is 0 Å². The molecule has 6 rings (SSSR count). The van der Waals surface area contributed by atoms with Gasteiger partial charge in [-0.05, 0) is 67.1 Å². The Balaban J connectivity index is 1.31. The maximum Gasteiger partial charge on any atom is 0.279 e. The summed E-state index contributed by atoms with van der Waals surface area (Å²) >= 11 is 13.6. The van der Waals surface area contributed by atoms with Crippen LogP contribution in [0.1, 0.15) is 52.4 Å². The molecule has 2 unspecified atom stereocenters. The van der Waals surface area contributed by atoms with E-state index in [4.69, 9.17) is 32.9 Å². The lowest BCUT2D eigenvalue weighted by atomic mass is 9.95. The van der Waals surface area contributed by atoms with E-state index in [-0.39, 0.29) is 23.6 Å². The summed E-state index contributed by atoms with van der Waals surface area (Å²) in [4.78, 5) is 42.0. The van der Waals surface area contributed by atoms with Gasteiger partial charge in [-0.25, -0.2) is 9.67 Å². The number of aromatic nitrogens is 3. The molecule has 1 aliphatic carbocycles. The van der Waals surface area contributed by atoms with Gasteiger partial charge in [0.2, 0.25) is 11.8 Å². The molecule has 2 amide bonds. The van der Waals surface area contributed by atoms with Gasteiger partial charge >= 0.3 is 0 Å². The summed E-state index contributed by atoms with van der Waals surface area (Å²) in [7, 11) is 3.10. The normalized spacial score (nSPS) is 17.2.